The molecule has 5 nitrogen and oxygen atoms in total. The summed E-state index contributed by atoms with van der Waals surface area (Å²) in [6, 6.07) is 11.4. The molecule has 5 heteroatoms. The summed E-state index contributed by atoms with van der Waals surface area (Å²) in [6.45, 7) is 5.09. The van der Waals surface area contributed by atoms with Gasteiger partial charge in [0.25, 0.3) is 0 Å². The Kier molecular flexibility index (Phi) is 4.57. The van der Waals surface area contributed by atoms with Gasteiger partial charge in [0.05, 0.1) is 5.92 Å². The van der Waals surface area contributed by atoms with Gasteiger partial charge in [-0.15, -0.1) is 0 Å². The van der Waals surface area contributed by atoms with E-state index < -0.39 is 0 Å². The van der Waals surface area contributed by atoms with Crippen LogP contribution in [0, 0.1) is 11.8 Å². The molecule has 130 valence electrons. The zero-order chi connectivity index (χ0) is 16.5. The predicted octanol–water partition coefficient (Wildman–Crippen LogP) is 1.27. The first kappa shape index (κ1) is 16.1. The maximum Gasteiger partial charge on any atom is 0.226 e. The molecule has 4 atom stereocenters. The summed E-state index contributed by atoms with van der Waals surface area (Å²) in [5.41, 5.74) is 7.95. The SMILES string of the molecule is CC1NNC(C2CC2)C1C(=O)N[C@H]1CCN(Cc2ccccc2)C1. The first-order valence-corrected chi connectivity index (χ1v) is 9.28. The van der Waals surface area contributed by atoms with E-state index in [0.29, 0.717) is 12.0 Å². The number of hydrogen-bond acceptors (Lipinski definition) is 4. The molecule has 1 saturated carbocycles. The fraction of sp³-hybridized carbons (Fsp3) is 0.632. The number of benzene rings is 1. The van der Waals surface area contributed by atoms with Crippen LogP contribution in [0.5, 0.6) is 0 Å². The summed E-state index contributed by atoms with van der Waals surface area (Å²) in [7, 11) is 0. The first-order valence-electron chi connectivity index (χ1n) is 9.28. The highest BCUT2D eigenvalue weighted by molar-refractivity contribution is 5.81. The molecule has 24 heavy (non-hydrogen) atoms. The molecule has 0 aromatic heterocycles. The molecule has 2 aliphatic heterocycles. The smallest absolute Gasteiger partial charge is 0.226 e. The molecule has 0 spiro atoms. The van der Waals surface area contributed by atoms with Gasteiger partial charge in [0, 0.05) is 37.8 Å². The van der Waals surface area contributed by atoms with Crippen LogP contribution in [0.3, 0.4) is 0 Å². The van der Waals surface area contributed by atoms with Gasteiger partial charge < -0.3 is 5.32 Å². The van der Waals surface area contributed by atoms with E-state index >= 15 is 0 Å². The number of hydrogen-bond donors (Lipinski definition) is 3. The Morgan fingerprint density at radius 1 is 1.21 bits per heavy atom. The summed E-state index contributed by atoms with van der Waals surface area (Å²) in [6.07, 6.45) is 3.56. The van der Waals surface area contributed by atoms with Gasteiger partial charge in [-0.05, 0) is 37.7 Å². The Morgan fingerprint density at radius 3 is 2.75 bits per heavy atom. The number of nitrogens with zero attached hydrogens (tertiary/aromatic N) is 1. The standard InChI is InChI=1S/C19H28N4O/c1-13-17(18(22-21-13)15-7-8-15)19(24)20-16-9-10-23(12-16)11-14-5-3-2-4-6-14/h2-6,13,15-18,21-22H,7-12H2,1H3,(H,20,24)/t13?,16-,17?,18?/m0/s1. The van der Waals surface area contributed by atoms with E-state index in [1.165, 1.54) is 18.4 Å². The van der Waals surface area contributed by atoms with Crippen LogP contribution in [0.1, 0.15) is 31.7 Å². The number of nitrogens with one attached hydrogen (secondary N) is 3. The molecule has 1 amide bonds. The van der Waals surface area contributed by atoms with Crippen molar-refractivity contribution >= 4 is 5.91 Å². The van der Waals surface area contributed by atoms with E-state index in [2.05, 4.69) is 58.3 Å². The van der Waals surface area contributed by atoms with Gasteiger partial charge in [0.15, 0.2) is 0 Å². The van der Waals surface area contributed by atoms with Gasteiger partial charge in [-0.2, -0.15) is 0 Å². The summed E-state index contributed by atoms with van der Waals surface area (Å²) in [5, 5.41) is 3.32. The first-order chi connectivity index (χ1) is 11.7. The number of carbonyl (C=O) groups excluding carboxylic acids is 1. The predicted molar refractivity (Wildman–Crippen MR) is 94.0 cm³/mol. The summed E-state index contributed by atoms with van der Waals surface area (Å²) in [5.74, 6) is 0.959. The largest absolute Gasteiger partial charge is 0.352 e. The van der Waals surface area contributed by atoms with E-state index in [0.717, 1.165) is 26.1 Å². The van der Waals surface area contributed by atoms with Crippen LogP contribution in [0.25, 0.3) is 0 Å². The molecule has 1 aromatic rings. The normalized spacial score (nSPS) is 33.7. The zero-order valence-electron chi connectivity index (χ0n) is 14.4. The number of rotatable bonds is 5. The zero-order valence-corrected chi connectivity index (χ0v) is 14.4. The molecule has 2 heterocycles. The summed E-state index contributed by atoms with van der Waals surface area (Å²) < 4.78 is 0. The molecule has 3 unspecified atom stereocenters. The highest BCUT2D eigenvalue weighted by Gasteiger charge is 2.46. The lowest BCUT2D eigenvalue weighted by Gasteiger charge is -2.23. The number of amides is 1. The van der Waals surface area contributed by atoms with Gasteiger partial charge in [-0.25, -0.2) is 0 Å². The maximum atomic E-state index is 12.8. The molecular formula is C19H28N4O. The van der Waals surface area contributed by atoms with Gasteiger partial charge in [-0.1, -0.05) is 30.3 Å². The van der Waals surface area contributed by atoms with Crippen molar-refractivity contribution in [3.8, 4) is 0 Å². The Labute approximate surface area is 144 Å². The van der Waals surface area contributed by atoms with Crippen LogP contribution in [0.15, 0.2) is 30.3 Å². The fourth-order valence-corrected chi connectivity index (χ4v) is 4.21. The Balaban J connectivity index is 1.30. The average molecular weight is 328 g/mol. The lowest BCUT2D eigenvalue weighted by molar-refractivity contribution is -0.126. The topological polar surface area (TPSA) is 56.4 Å². The van der Waals surface area contributed by atoms with Gasteiger partial charge in [-0.3, -0.25) is 20.5 Å². The third kappa shape index (κ3) is 3.48. The second kappa shape index (κ2) is 6.82. The third-order valence-electron chi connectivity index (χ3n) is 5.70. The molecule has 3 aliphatic rings. The van der Waals surface area contributed by atoms with Crippen molar-refractivity contribution in [3.05, 3.63) is 35.9 Å². The van der Waals surface area contributed by atoms with E-state index in [9.17, 15) is 4.79 Å². The highest BCUT2D eigenvalue weighted by atomic mass is 16.2. The van der Waals surface area contributed by atoms with Crippen LogP contribution < -0.4 is 16.2 Å². The molecular weight excluding hydrogens is 300 g/mol. The third-order valence-corrected chi connectivity index (χ3v) is 5.70. The molecule has 0 radical (unpaired) electrons. The molecule has 0 bridgehead atoms. The number of likely N-dealkylation sites (tertiary alicyclic amines) is 1. The van der Waals surface area contributed by atoms with Crippen molar-refractivity contribution in [1.29, 1.82) is 0 Å². The second-order valence-electron chi connectivity index (χ2n) is 7.68. The number of hydrazine groups is 1. The number of carbonyl (C=O) groups is 1. The molecule has 2 saturated heterocycles. The van der Waals surface area contributed by atoms with E-state index in [4.69, 9.17) is 0 Å². The minimum absolute atomic E-state index is 0.0562. The minimum atomic E-state index is 0.0562. The van der Waals surface area contributed by atoms with Crippen molar-refractivity contribution in [2.45, 2.75) is 50.9 Å². The van der Waals surface area contributed by atoms with Crippen molar-refractivity contribution in [3.63, 3.8) is 0 Å². The lowest BCUT2D eigenvalue weighted by Crippen LogP contribution is -2.46. The van der Waals surface area contributed by atoms with Gasteiger partial charge in [0.1, 0.15) is 0 Å². The Bertz CT molecular complexity index is 574. The maximum absolute atomic E-state index is 12.8. The van der Waals surface area contributed by atoms with E-state index in [1.54, 1.807) is 0 Å². The molecule has 3 N–H and O–H groups in total. The summed E-state index contributed by atoms with van der Waals surface area (Å²) >= 11 is 0. The van der Waals surface area contributed by atoms with Crippen LogP contribution in [0.4, 0.5) is 0 Å². The van der Waals surface area contributed by atoms with Crippen LogP contribution >= 0.6 is 0 Å². The fourth-order valence-electron chi connectivity index (χ4n) is 4.21. The van der Waals surface area contributed by atoms with Crippen LogP contribution in [-0.2, 0) is 11.3 Å². The van der Waals surface area contributed by atoms with Crippen LogP contribution in [-0.4, -0.2) is 42.0 Å². The Morgan fingerprint density at radius 2 is 2.00 bits per heavy atom. The van der Waals surface area contributed by atoms with Crippen molar-refractivity contribution in [2.24, 2.45) is 11.8 Å². The van der Waals surface area contributed by atoms with E-state index in [1.807, 2.05) is 0 Å². The molecule has 3 fully saturated rings. The average Bonchev–Trinajstić information content (AvgIpc) is 3.22. The molecule has 4 rings (SSSR count). The minimum Gasteiger partial charge on any atom is -0.352 e. The van der Waals surface area contributed by atoms with Crippen LogP contribution in [0.2, 0.25) is 0 Å². The van der Waals surface area contributed by atoms with Crippen molar-refractivity contribution in [1.82, 2.24) is 21.1 Å². The summed E-state index contributed by atoms with van der Waals surface area (Å²) in [4.78, 5) is 15.2. The Hall–Kier alpha value is -1.43. The molecule has 1 aliphatic carbocycles. The quantitative estimate of drug-likeness (QED) is 0.762. The second-order valence-corrected chi connectivity index (χ2v) is 7.68. The van der Waals surface area contributed by atoms with Gasteiger partial charge in [0.2, 0.25) is 5.91 Å². The van der Waals surface area contributed by atoms with Crippen molar-refractivity contribution in [2.75, 3.05) is 13.1 Å². The lowest BCUT2D eigenvalue weighted by atomic mass is 9.91. The van der Waals surface area contributed by atoms with Gasteiger partial charge >= 0.3 is 0 Å². The monoisotopic (exact) mass is 328 g/mol. The van der Waals surface area contributed by atoms with E-state index in [-0.39, 0.29) is 23.9 Å². The van der Waals surface area contributed by atoms with Crippen molar-refractivity contribution < 1.29 is 4.79 Å². The highest BCUT2D eigenvalue weighted by Crippen LogP contribution is 2.38. The molecule has 1 aromatic carbocycles.